The SMILES string of the molecule is C=C1C(=O)O[C@@H]2[C@@H]1C[C@H]1O[C@H]2/C(C)=C\CC/C(C)=C\CC[C@]1(O)COC(C)=O. The molecule has 6 heteroatoms. The quantitative estimate of drug-likeness (QED) is 0.443. The summed E-state index contributed by atoms with van der Waals surface area (Å²) < 4.78 is 17.1. The van der Waals surface area contributed by atoms with Crippen LogP contribution in [0.2, 0.25) is 0 Å². The van der Waals surface area contributed by atoms with Crippen molar-refractivity contribution < 1.29 is 28.9 Å². The predicted octanol–water partition coefficient (Wildman–Crippen LogP) is 3.00. The molecule has 3 rings (SSSR count). The molecule has 0 spiro atoms. The van der Waals surface area contributed by atoms with E-state index in [9.17, 15) is 14.7 Å². The highest BCUT2D eigenvalue weighted by Crippen LogP contribution is 2.44. The van der Waals surface area contributed by atoms with Crippen LogP contribution in [-0.2, 0) is 23.8 Å². The van der Waals surface area contributed by atoms with Crippen molar-refractivity contribution in [3.05, 3.63) is 35.5 Å². The maximum Gasteiger partial charge on any atom is 0.334 e. The molecule has 0 aromatic rings. The fourth-order valence-corrected chi connectivity index (χ4v) is 4.30. The first-order valence-electron chi connectivity index (χ1n) is 9.94. The average Bonchev–Trinajstić information content (AvgIpc) is 2.93. The van der Waals surface area contributed by atoms with E-state index in [1.165, 1.54) is 12.5 Å². The van der Waals surface area contributed by atoms with Crippen molar-refractivity contribution in [1.29, 1.82) is 0 Å². The molecule has 28 heavy (non-hydrogen) atoms. The van der Waals surface area contributed by atoms with Gasteiger partial charge in [0, 0.05) is 18.4 Å². The van der Waals surface area contributed by atoms with Crippen LogP contribution >= 0.6 is 0 Å². The molecular weight excluding hydrogens is 360 g/mol. The maximum absolute atomic E-state index is 12.1. The highest BCUT2D eigenvalue weighted by molar-refractivity contribution is 5.91. The zero-order valence-corrected chi connectivity index (χ0v) is 16.9. The van der Waals surface area contributed by atoms with Crippen molar-refractivity contribution in [1.82, 2.24) is 0 Å². The van der Waals surface area contributed by atoms with Crippen molar-refractivity contribution in [2.24, 2.45) is 5.92 Å². The van der Waals surface area contributed by atoms with E-state index in [2.05, 4.69) is 25.7 Å². The molecule has 2 fully saturated rings. The third kappa shape index (κ3) is 4.23. The molecule has 0 unspecified atom stereocenters. The third-order valence-corrected chi connectivity index (χ3v) is 6.08. The summed E-state index contributed by atoms with van der Waals surface area (Å²) in [5.41, 5.74) is 1.31. The van der Waals surface area contributed by atoms with Gasteiger partial charge in [0.1, 0.15) is 24.4 Å². The minimum atomic E-state index is -1.35. The Morgan fingerprint density at radius 3 is 2.82 bits per heavy atom. The van der Waals surface area contributed by atoms with Gasteiger partial charge in [-0.05, 0) is 51.5 Å². The van der Waals surface area contributed by atoms with Gasteiger partial charge >= 0.3 is 11.9 Å². The van der Waals surface area contributed by atoms with E-state index in [1.807, 2.05) is 6.92 Å². The minimum absolute atomic E-state index is 0.145. The summed E-state index contributed by atoms with van der Waals surface area (Å²) in [6.07, 6.45) is 6.01. The van der Waals surface area contributed by atoms with Crippen LogP contribution in [0.3, 0.4) is 0 Å². The summed E-state index contributed by atoms with van der Waals surface area (Å²) in [5, 5.41) is 11.5. The number of rotatable bonds is 2. The molecule has 0 aromatic carbocycles. The van der Waals surface area contributed by atoms with Crippen molar-refractivity contribution in [3.8, 4) is 0 Å². The van der Waals surface area contributed by atoms with Gasteiger partial charge in [0.2, 0.25) is 0 Å². The monoisotopic (exact) mass is 390 g/mol. The molecule has 0 saturated carbocycles. The molecule has 154 valence electrons. The molecule has 2 saturated heterocycles. The highest BCUT2D eigenvalue weighted by atomic mass is 16.6. The van der Waals surface area contributed by atoms with Gasteiger partial charge in [-0.15, -0.1) is 0 Å². The number of fused-ring (bicyclic) bond motifs is 4. The van der Waals surface area contributed by atoms with Crippen molar-refractivity contribution in [2.75, 3.05) is 6.61 Å². The summed E-state index contributed by atoms with van der Waals surface area (Å²) in [6.45, 7) is 9.13. The van der Waals surface area contributed by atoms with Crippen molar-refractivity contribution in [3.63, 3.8) is 0 Å². The van der Waals surface area contributed by atoms with Crippen LogP contribution in [0.4, 0.5) is 0 Å². The molecule has 5 atom stereocenters. The second-order valence-corrected chi connectivity index (χ2v) is 8.24. The number of carbonyl (C=O) groups excluding carboxylic acids is 2. The minimum Gasteiger partial charge on any atom is -0.463 e. The zero-order chi connectivity index (χ0) is 20.5. The fraction of sp³-hybridized carbons (Fsp3) is 0.636. The van der Waals surface area contributed by atoms with Crippen LogP contribution in [0.1, 0.15) is 52.9 Å². The van der Waals surface area contributed by atoms with E-state index in [0.29, 0.717) is 24.8 Å². The summed E-state index contributed by atoms with van der Waals surface area (Å²) in [7, 11) is 0. The lowest BCUT2D eigenvalue weighted by atomic mass is 9.77. The number of hydrogen-bond donors (Lipinski definition) is 1. The first kappa shape index (κ1) is 20.8. The van der Waals surface area contributed by atoms with E-state index < -0.39 is 35.9 Å². The zero-order valence-electron chi connectivity index (χ0n) is 16.9. The Morgan fingerprint density at radius 1 is 1.36 bits per heavy atom. The summed E-state index contributed by atoms with van der Waals surface area (Å²) >= 11 is 0. The molecule has 0 aliphatic carbocycles. The molecule has 3 aliphatic rings. The third-order valence-electron chi connectivity index (χ3n) is 6.08. The Hall–Kier alpha value is -1.92. The van der Waals surface area contributed by atoms with Crippen LogP contribution in [0.5, 0.6) is 0 Å². The number of carbonyl (C=O) groups is 2. The number of esters is 2. The van der Waals surface area contributed by atoms with Gasteiger partial charge < -0.3 is 19.3 Å². The second kappa shape index (κ2) is 8.21. The van der Waals surface area contributed by atoms with E-state index in [4.69, 9.17) is 14.2 Å². The van der Waals surface area contributed by atoms with Gasteiger partial charge in [-0.1, -0.05) is 24.3 Å². The molecule has 2 bridgehead atoms. The topological polar surface area (TPSA) is 82.1 Å². The molecule has 0 amide bonds. The Labute approximate surface area is 166 Å². The standard InChI is InChI=1S/C22H30O6/c1-13-7-5-9-14(2)19-20-17(15(3)21(24)28-20)11-18(27-19)22(25,10-6-8-13)12-26-16(4)23/h8-9,17-20,25H,3,5-7,10-12H2,1-2,4H3/b13-8-,14-9-/t17-,18-,19+,20-,22+/m1/s1. The number of aliphatic hydroxyl groups is 1. The maximum atomic E-state index is 12.1. The van der Waals surface area contributed by atoms with E-state index in [0.717, 1.165) is 18.4 Å². The Bertz CT molecular complexity index is 721. The molecular formula is C22H30O6. The van der Waals surface area contributed by atoms with Crippen LogP contribution in [0.25, 0.3) is 0 Å². The second-order valence-electron chi connectivity index (χ2n) is 8.24. The Morgan fingerprint density at radius 2 is 2.11 bits per heavy atom. The average molecular weight is 390 g/mol. The van der Waals surface area contributed by atoms with Gasteiger partial charge in [0.15, 0.2) is 0 Å². The number of allylic oxidation sites excluding steroid dienone is 3. The summed E-state index contributed by atoms with van der Waals surface area (Å²) in [6, 6.07) is 0. The Balaban J connectivity index is 1.97. The Kier molecular flexibility index (Phi) is 6.10. The fourth-order valence-electron chi connectivity index (χ4n) is 4.30. The van der Waals surface area contributed by atoms with Gasteiger partial charge in [-0.2, -0.15) is 0 Å². The van der Waals surface area contributed by atoms with Crippen LogP contribution in [0, 0.1) is 5.92 Å². The smallest absolute Gasteiger partial charge is 0.334 e. The lowest BCUT2D eigenvalue weighted by Crippen LogP contribution is -2.56. The molecule has 6 nitrogen and oxygen atoms in total. The summed E-state index contributed by atoms with van der Waals surface area (Å²) in [5.74, 6) is -1.07. The van der Waals surface area contributed by atoms with Gasteiger partial charge in [-0.25, -0.2) is 4.79 Å². The predicted molar refractivity (Wildman–Crippen MR) is 103 cm³/mol. The molecule has 1 N–H and O–H groups in total. The molecule has 0 radical (unpaired) electrons. The van der Waals surface area contributed by atoms with Gasteiger partial charge in [0.05, 0.1) is 6.10 Å². The van der Waals surface area contributed by atoms with E-state index >= 15 is 0 Å². The van der Waals surface area contributed by atoms with Gasteiger partial charge in [0.25, 0.3) is 0 Å². The van der Waals surface area contributed by atoms with Crippen molar-refractivity contribution in [2.45, 2.75) is 76.8 Å². The van der Waals surface area contributed by atoms with Gasteiger partial charge in [-0.3, -0.25) is 4.79 Å². The lowest BCUT2D eigenvalue weighted by molar-refractivity contribution is -0.206. The largest absolute Gasteiger partial charge is 0.463 e. The normalized spacial score (nSPS) is 40.0. The first-order chi connectivity index (χ1) is 13.2. The molecule has 3 aliphatic heterocycles. The molecule has 0 aromatic heterocycles. The van der Waals surface area contributed by atoms with E-state index in [-0.39, 0.29) is 12.5 Å². The first-order valence-corrected chi connectivity index (χ1v) is 9.94. The van der Waals surface area contributed by atoms with Crippen LogP contribution in [-0.4, -0.2) is 47.6 Å². The van der Waals surface area contributed by atoms with Crippen LogP contribution < -0.4 is 0 Å². The van der Waals surface area contributed by atoms with Crippen molar-refractivity contribution >= 4 is 11.9 Å². The van der Waals surface area contributed by atoms with Crippen LogP contribution in [0.15, 0.2) is 35.5 Å². The lowest BCUT2D eigenvalue weighted by Gasteiger charge is -2.44. The number of ether oxygens (including phenoxy) is 3. The summed E-state index contributed by atoms with van der Waals surface area (Å²) in [4.78, 5) is 23.5. The van der Waals surface area contributed by atoms with E-state index in [1.54, 1.807) is 0 Å². The molecule has 3 heterocycles. The number of hydrogen-bond acceptors (Lipinski definition) is 6. The highest BCUT2D eigenvalue weighted by Gasteiger charge is 2.53.